The second-order valence-corrected chi connectivity index (χ2v) is 6.03. The lowest BCUT2D eigenvalue weighted by Crippen LogP contribution is -2.40. The summed E-state index contributed by atoms with van der Waals surface area (Å²) in [6.07, 6.45) is 2.20. The molecule has 112 valence electrons. The van der Waals surface area contributed by atoms with Gasteiger partial charge < -0.3 is 0 Å². The highest BCUT2D eigenvalue weighted by atomic mass is 16.1. The quantitative estimate of drug-likeness (QED) is 0.658. The van der Waals surface area contributed by atoms with E-state index in [9.17, 15) is 4.79 Å². The van der Waals surface area contributed by atoms with Gasteiger partial charge in [-0.2, -0.15) is 0 Å². The number of carbonyl (C=O) groups is 1. The van der Waals surface area contributed by atoms with Gasteiger partial charge in [0.15, 0.2) is 5.78 Å². The van der Waals surface area contributed by atoms with E-state index in [0.29, 0.717) is 18.5 Å². The first-order valence-corrected chi connectivity index (χ1v) is 7.82. The van der Waals surface area contributed by atoms with Gasteiger partial charge in [-0.1, -0.05) is 52.0 Å². The zero-order valence-corrected chi connectivity index (χ0v) is 13.6. The Labute approximate surface area is 124 Å². The number of ketones is 1. The molecule has 1 aromatic rings. The molecule has 0 atom stereocenters. The summed E-state index contributed by atoms with van der Waals surface area (Å²) in [5, 5.41) is 0. The Morgan fingerprint density at radius 1 is 1.15 bits per heavy atom. The van der Waals surface area contributed by atoms with E-state index in [0.717, 1.165) is 30.5 Å². The highest BCUT2D eigenvalue weighted by Gasteiger charge is 2.20. The first-order chi connectivity index (χ1) is 9.49. The van der Waals surface area contributed by atoms with Crippen LogP contribution < -0.4 is 0 Å². The number of carbonyl (C=O) groups excluding carboxylic acids is 1. The predicted octanol–water partition coefficient (Wildman–Crippen LogP) is 4.32. The largest absolute Gasteiger partial charge is 0.293 e. The lowest BCUT2D eigenvalue weighted by Gasteiger charge is -2.31. The van der Waals surface area contributed by atoms with Crippen LogP contribution in [0.1, 0.15) is 56.5 Å². The maximum Gasteiger partial charge on any atom is 0.177 e. The molecule has 0 bridgehead atoms. The van der Waals surface area contributed by atoms with Crippen molar-refractivity contribution < 1.29 is 4.79 Å². The van der Waals surface area contributed by atoms with E-state index in [-0.39, 0.29) is 5.78 Å². The third-order valence-electron chi connectivity index (χ3n) is 3.85. The van der Waals surface area contributed by atoms with Crippen molar-refractivity contribution in [2.45, 2.75) is 53.5 Å². The number of rotatable bonds is 8. The zero-order chi connectivity index (χ0) is 15.1. The van der Waals surface area contributed by atoms with Crippen LogP contribution in [0.3, 0.4) is 0 Å². The van der Waals surface area contributed by atoms with Gasteiger partial charge in [-0.25, -0.2) is 0 Å². The number of hydrogen-bond donors (Lipinski definition) is 0. The summed E-state index contributed by atoms with van der Waals surface area (Å²) in [6, 6.07) is 8.39. The van der Waals surface area contributed by atoms with Crippen molar-refractivity contribution in [3.63, 3.8) is 0 Å². The van der Waals surface area contributed by atoms with Crippen LogP contribution in [0.15, 0.2) is 24.3 Å². The van der Waals surface area contributed by atoms with E-state index in [1.165, 1.54) is 0 Å². The van der Waals surface area contributed by atoms with Crippen molar-refractivity contribution in [3.05, 3.63) is 35.4 Å². The Balaban J connectivity index is 2.84. The molecule has 20 heavy (non-hydrogen) atoms. The van der Waals surface area contributed by atoms with Gasteiger partial charge in [0, 0.05) is 18.2 Å². The molecule has 1 aromatic carbocycles. The van der Waals surface area contributed by atoms with Gasteiger partial charge in [0.25, 0.3) is 0 Å². The van der Waals surface area contributed by atoms with Crippen LogP contribution in [0, 0.1) is 12.8 Å². The molecule has 0 N–H and O–H groups in total. The lowest BCUT2D eigenvalue weighted by molar-refractivity contribution is 0.0865. The fourth-order valence-corrected chi connectivity index (χ4v) is 2.77. The average Bonchev–Trinajstić information content (AvgIpc) is 2.39. The van der Waals surface area contributed by atoms with Crippen LogP contribution in [0.2, 0.25) is 0 Å². The second-order valence-electron chi connectivity index (χ2n) is 6.03. The summed E-state index contributed by atoms with van der Waals surface area (Å²) in [5.74, 6) is 0.830. The average molecular weight is 275 g/mol. The Morgan fingerprint density at radius 2 is 1.75 bits per heavy atom. The van der Waals surface area contributed by atoms with Crippen LogP contribution in [-0.2, 0) is 0 Å². The molecule has 0 aliphatic rings. The standard InChI is InChI=1S/C18H29NO/c1-6-16(7-2)19(12-14(3)4)13-18(20)17-11-9-8-10-15(17)5/h8-11,14,16H,6-7,12-13H2,1-5H3. The number of aryl methyl sites for hydroxylation is 1. The summed E-state index contributed by atoms with van der Waals surface area (Å²) in [4.78, 5) is 14.9. The molecule has 0 heterocycles. The fourth-order valence-electron chi connectivity index (χ4n) is 2.77. The molecule has 0 amide bonds. The van der Waals surface area contributed by atoms with Crippen molar-refractivity contribution in [2.24, 2.45) is 5.92 Å². The Kier molecular flexibility index (Phi) is 6.94. The van der Waals surface area contributed by atoms with Crippen molar-refractivity contribution in [1.29, 1.82) is 0 Å². The molecule has 0 unspecified atom stereocenters. The minimum atomic E-state index is 0.246. The zero-order valence-electron chi connectivity index (χ0n) is 13.6. The lowest BCUT2D eigenvalue weighted by atomic mass is 10.0. The van der Waals surface area contributed by atoms with E-state index in [1.807, 2.05) is 31.2 Å². The van der Waals surface area contributed by atoms with Crippen molar-refractivity contribution in [2.75, 3.05) is 13.1 Å². The van der Waals surface area contributed by atoms with Crippen LogP contribution >= 0.6 is 0 Å². The van der Waals surface area contributed by atoms with E-state index in [1.54, 1.807) is 0 Å². The van der Waals surface area contributed by atoms with Crippen LogP contribution in [0.4, 0.5) is 0 Å². The molecule has 1 rings (SSSR count). The summed E-state index contributed by atoms with van der Waals surface area (Å²) in [7, 11) is 0. The minimum absolute atomic E-state index is 0.246. The molecule has 0 radical (unpaired) electrons. The molecule has 0 aliphatic heterocycles. The predicted molar refractivity (Wildman–Crippen MR) is 86.3 cm³/mol. The minimum Gasteiger partial charge on any atom is -0.293 e. The van der Waals surface area contributed by atoms with Crippen molar-refractivity contribution in [3.8, 4) is 0 Å². The third kappa shape index (κ3) is 4.75. The number of benzene rings is 1. The van der Waals surface area contributed by atoms with Gasteiger partial charge in [-0.15, -0.1) is 0 Å². The molecule has 0 fully saturated rings. The molecule has 2 heteroatoms. The SMILES string of the molecule is CCC(CC)N(CC(=O)c1ccccc1C)CC(C)C. The van der Waals surface area contributed by atoms with Crippen molar-refractivity contribution >= 4 is 5.78 Å². The van der Waals surface area contributed by atoms with Crippen LogP contribution in [-0.4, -0.2) is 29.8 Å². The number of Topliss-reactive ketones (excluding diaryl/α,β-unsaturated/α-hetero) is 1. The molecule has 0 saturated carbocycles. The Hall–Kier alpha value is -1.15. The Morgan fingerprint density at radius 3 is 2.25 bits per heavy atom. The summed E-state index contributed by atoms with van der Waals surface area (Å²) in [5.41, 5.74) is 1.94. The topological polar surface area (TPSA) is 20.3 Å². The van der Waals surface area contributed by atoms with Gasteiger partial charge in [0.05, 0.1) is 6.54 Å². The number of hydrogen-bond acceptors (Lipinski definition) is 2. The fraction of sp³-hybridized carbons (Fsp3) is 0.611. The van der Waals surface area contributed by atoms with Gasteiger partial charge in [0.2, 0.25) is 0 Å². The van der Waals surface area contributed by atoms with E-state index < -0.39 is 0 Å². The molecular weight excluding hydrogens is 246 g/mol. The summed E-state index contributed by atoms with van der Waals surface area (Å²) < 4.78 is 0. The van der Waals surface area contributed by atoms with Crippen LogP contribution in [0.5, 0.6) is 0 Å². The third-order valence-corrected chi connectivity index (χ3v) is 3.85. The van der Waals surface area contributed by atoms with Gasteiger partial charge in [0.1, 0.15) is 0 Å². The molecule has 0 saturated heterocycles. The second kappa shape index (κ2) is 8.21. The van der Waals surface area contributed by atoms with E-state index in [4.69, 9.17) is 0 Å². The molecule has 0 aliphatic carbocycles. The van der Waals surface area contributed by atoms with Gasteiger partial charge in [-0.3, -0.25) is 9.69 Å². The number of nitrogens with zero attached hydrogens (tertiary/aromatic N) is 1. The van der Waals surface area contributed by atoms with E-state index in [2.05, 4.69) is 32.6 Å². The highest BCUT2D eigenvalue weighted by Crippen LogP contribution is 2.14. The highest BCUT2D eigenvalue weighted by molar-refractivity contribution is 5.98. The molecule has 0 spiro atoms. The van der Waals surface area contributed by atoms with Gasteiger partial charge in [-0.05, 0) is 31.2 Å². The normalized spacial score (nSPS) is 11.6. The van der Waals surface area contributed by atoms with E-state index >= 15 is 0 Å². The maximum absolute atomic E-state index is 12.6. The summed E-state index contributed by atoms with van der Waals surface area (Å²) >= 11 is 0. The molecule has 2 nitrogen and oxygen atoms in total. The first kappa shape index (κ1) is 16.9. The monoisotopic (exact) mass is 275 g/mol. The molecule has 0 aromatic heterocycles. The maximum atomic E-state index is 12.6. The Bertz CT molecular complexity index is 421. The smallest absolute Gasteiger partial charge is 0.177 e. The first-order valence-electron chi connectivity index (χ1n) is 7.82. The van der Waals surface area contributed by atoms with Gasteiger partial charge >= 0.3 is 0 Å². The molecular formula is C18H29NO. The summed E-state index contributed by atoms with van der Waals surface area (Å²) in [6.45, 7) is 12.4. The van der Waals surface area contributed by atoms with Crippen molar-refractivity contribution in [1.82, 2.24) is 4.90 Å². The van der Waals surface area contributed by atoms with Crippen LogP contribution in [0.25, 0.3) is 0 Å².